The Morgan fingerprint density at radius 3 is 2.00 bits per heavy atom. The van der Waals surface area contributed by atoms with E-state index in [1.807, 2.05) is 26.0 Å². The van der Waals surface area contributed by atoms with Gasteiger partial charge in [0.25, 0.3) is 0 Å². The molecule has 0 amide bonds. The molecule has 0 saturated heterocycles. The maximum atomic E-state index is 5.63. The average molecular weight is 201 g/mol. The highest BCUT2D eigenvalue weighted by Gasteiger charge is 2.03. The lowest BCUT2D eigenvalue weighted by atomic mass is 10.1. The van der Waals surface area contributed by atoms with Crippen molar-refractivity contribution in [2.24, 2.45) is 11.5 Å². The van der Waals surface area contributed by atoms with Gasteiger partial charge in [-0.25, -0.2) is 0 Å². The van der Waals surface area contributed by atoms with Gasteiger partial charge in [0, 0.05) is 12.1 Å². The standard InChI is InChI=1S/C7H16N2.2ClH/c1-3-4-5-7(9)6(2)8;;/h3-4,6-7H,5,8-9H2,1-2H3;2*1H. The maximum absolute atomic E-state index is 5.63. The van der Waals surface area contributed by atoms with Crippen LogP contribution in [0.5, 0.6) is 0 Å². The van der Waals surface area contributed by atoms with Crippen molar-refractivity contribution in [1.82, 2.24) is 0 Å². The molecule has 0 aliphatic rings. The molecular formula is C7H18Cl2N2. The zero-order chi connectivity index (χ0) is 7.28. The van der Waals surface area contributed by atoms with Crippen molar-refractivity contribution < 1.29 is 0 Å². The van der Waals surface area contributed by atoms with Gasteiger partial charge in [0.2, 0.25) is 0 Å². The van der Waals surface area contributed by atoms with E-state index in [-0.39, 0.29) is 36.9 Å². The van der Waals surface area contributed by atoms with E-state index in [1.165, 1.54) is 0 Å². The van der Waals surface area contributed by atoms with Crippen LogP contribution in [0.3, 0.4) is 0 Å². The number of halogens is 2. The number of nitrogens with two attached hydrogens (primary N) is 2. The fourth-order valence-corrected chi connectivity index (χ4v) is 0.508. The minimum atomic E-state index is 0. The molecular weight excluding hydrogens is 183 g/mol. The highest BCUT2D eigenvalue weighted by Crippen LogP contribution is 1.92. The first-order valence-corrected chi connectivity index (χ1v) is 3.30. The number of hydrogen-bond acceptors (Lipinski definition) is 2. The van der Waals surface area contributed by atoms with E-state index in [2.05, 4.69) is 0 Å². The van der Waals surface area contributed by atoms with Gasteiger partial charge in [-0.1, -0.05) is 12.2 Å². The summed E-state index contributed by atoms with van der Waals surface area (Å²) in [5.41, 5.74) is 11.1. The van der Waals surface area contributed by atoms with Gasteiger partial charge in [0.15, 0.2) is 0 Å². The summed E-state index contributed by atoms with van der Waals surface area (Å²) in [5.74, 6) is 0. The third-order valence-electron chi connectivity index (χ3n) is 1.32. The quantitative estimate of drug-likeness (QED) is 0.679. The molecule has 70 valence electrons. The third-order valence-corrected chi connectivity index (χ3v) is 1.32. The predicted octanol–water partition coefficient (Wildman–Crippen LogP) is 1.47. The average Bonchev–Trinajstić information content (AvgIpc) is 1.82. The van der Waals surface area contributed by atoms with Gasteiger partial charge in [0.05, 0.1) is 0 Å². The topological polar surface area (TPSA) is 52.0 Å². The first-order valence-electron chi connectivity index (χ1n) is 3.30. The molecule has 0 aromatic rings. The van der Waals surface area contributed by atoms with Gasteiger partial charge in [-0.15, -0.1) is 24.8 Å². The molecule has 2 atom stereocenters. The Bertz CT molecular complexity index is 94.4. The van der Waals surface area contributed by atoms with Crippen LogP contribution in [0.15, 0.2) is 12.2 Å². The molecule has 0 aliphatic carbocycles. The normalized spacial score (nSPS) is 14.9. The Balaban J connectivity index is -0.000000320. The van der Waals surface area contributed by atoms with E-state index in [0.29, 0.717) is 0 Å². The van der Waals surface area contributed by atoms with E-state index in [4.69, 9.17) is 11.5 Å². The van der Waals surface area contributed by atoms with Gasteiger partial charge < -0.3 is 11.5 Å². The first-order chi connectivity index (χ1) is 4.18. The molecule has 0 saturated carbocycles. The summed E-state index contributed by atoms with van der Waals surface area (Å²) in [5, 5.41) is 0. The molecule has 0 aromatic heterocycles. The highest BCUT2D eigenvalue weighted by molar-refractivity contribution is 5.85. The molecule has 0 aliphatic heterocycles. The van der Waals surface area contributed by atoms with Crippen LogP contribution < -0.4 is 11.5 Å². The van der Waals surface area contributed by atoms with Gasteiger partial charge >= 0.3 is 0 Å². The lowest BCUT2D eigenvalue weighted by molar-refractivity contribution is 0.566. The van der Waals surface area contributed by atoms with E-state index in [1.54, 1.807) is 0 Å². The Morgan fingerprint density at radius 2 is 1.73 bits per heavy atom. The molecule has 4 N–H and O–H groups in total. The summed E-state index contributed by atoms with van der Waals surface area (Å²) in [6, 6.07) is 0.211. The van der Waals surface area contributed by atoms with Crippen LogP contribution >= 0.6 is 24.8 Å². The van der Waals surface area contributed by atoms with Crippen LogP contribution in [0.2, 0.25) is 0 Å². The lowest BCUT2D eigenvalue weighted by Gasteiger charge is -2.11. The van der Waals surface area contributed by atoms with Crippen LogP contribution in [0.4, 0.5) is 0 Å². The summed E-state index contributed by atoms with van der Waals surface area (Å²) in [6.45, 7) is 3.90. The van der Waals surface area contributed by atoms with Crippen LogP contribution in [0.1, 0.15) is 20.3 Å². The lowest BCUT2D eigenvalue weighted by Crippen LogP contribution is -2.38. The summed E-state index contributed by atoms with van der Waals surface area (Å²) in [6.07, 6.45) is 4.91. The molecule has 0 spiro atoms. The van der Waals surface area contributed by atoms with Crippen molar-refractivity contribution in [3.8, 4) is 0 Å². The van der Waals surface area contributed by atoms with Crippen molar-refractivity contribution in [3.05, 3.63) is 12.2 Å². The largest absolute Gasteiger partial charge is 0.327 e. The van der Waals surface area contributed by atoms with Crippen molar-refractivity contribution >= 4 is 24.8 Å². The fraction of sp³-hybridized carbons (Fsp3) is 0.714. The van der Waals surface area contributed by atoms with Crippen molar-refractivity contribution in [2.75, 3.05) is 0 Å². The van der Waals surface area contributed by atoms with E-state index < -0.39 is 0 Å². The Labute approximate surface area is 81.2 Å². The van der Waals surface area contributed by atoms with Crippen LogP contribution in [-0.2, 0) is 0 Å². The minimum absolute atomic E-state index is 0. The number of hydrogen-bond donors (Lipinski definition) is 2. The molecule has 0 aromatic carbocycles. The summed E-state index contributed by atoms with van der Waals surface area (Å²) < 4.78 is 0. The number of allylic oxidation sites excluding steroid dienone is 1. The van der Waals surface area contributed by atoms with Crippen LogP contribution in [-0.4, -0.2) is 12.1 Å². The Kier molecular flexibility index (Phi) is 16.2. The van der Waals surface area contributed by atoms with Gasteiger partial charge in [-0.2, -0.15) is 0 Å². The van der Waals surface area contributed by atoms with Crippen LogP contribution in [0.25, 0.3) is 0 Å². The van der Waals surface area contributed by atoms with Crippen molar-refractivity contribution in [1.29, 1.82) is 0 Å². The predicted molar refractivity (Wildman–Crippen MR) is 55.6 cm³/mol. The van der Waals surface area contributed by atoms with E-state index in [9.17, 15) is 0 Å². The van der Waals surface area contributed by atoms with Gasteiger partial charge in [0.1, 0.15) is 0 Å². The van der Waals surface area contributed by atoms with Gasteiger partial charge in [-0.05, 0) is 20.3 Å². The smallest absolute Gasteiger partial charge is 0.0224 e. The monoisotopic (exact) mass is 200 g/mol. The summed E-state index contributed by atoms with van der Waals surface area (Å²) in [4.78, 5) is 0. The second-order valence-corrected chi connectivity index (χ2v) is 2.33. The first kappa shape index (κ1) is 17.4. The summed E-state index contributed by atoms with van der Waals surface area (Å²) >= 11 is 0. The molecule has 4 heteroatoms. The van der Waals surface area contributed by atoms with Crippen molar-refractivity contribution in [3.63, 3.8) is 0 Å². The molecule has 0 rings (SSSR count). The van der Waals surface area contributed by atoms with E-state index in [0.717, 1.165) is 6.42 Å². The van der Waals surface area contributed by atoms with E-state index >= 15 is 0 Å². The SMILES string of the molecule is CC=CCC(N)C(C)N.Cl.Cl. The van der Waals surface area contributed by atoms with Crippen LogP contribution in [0, 0.1) is 0 Å². The second kappa shape index (κ2) is 10.2. The zero-order valence-corrected chi connectivity index (χ0v) is 8.62. The number of rotatable bonds is 3. The molecule has 0 fully saturated rings. The second-order valence-electron chi connectivity index (χ2n) is 2.33. The fourth-order valence-electron chi connectivity index (χ4n) is 0.508. The highest BCUT2D eigenvalue weighted by atomic mass is 35.5. The molecule has 0 bridgehead atoms. The van der Waals surface area contributed by atoms with Crippen molar-refractivity contribution in [2.45, 2.75) is 32.4 Å². The zero-order valence-electron chi connectivity index (χ0n) is 6.99. The van der Waals surface area contributed by atoms with Gasteiger partial charge in [-0.3, -0.25) is 0 Å². The minimum Gasteiger partial charge on any atom is -0.327 e. The molecule has 0 radical (unpaired) electrons. The Hall–Kier alpha value is 0.240. The summed E-state index contributed by atoms with van der Waals surface area (Å²) in [7, 11) is 0. The Morgan fingerprint density at radius 1 is 1.27 bits per heavy atom. The molecule has 2 unspecified atom stereocenters. The third kappa shape index (κ3) is 10.2. The molecule has 0 heterocycles. The maximum Gasteiger partial charge on any atom is 0.0224 e. The molecule has 2 nitrogen and oxygen atoms in total. The molecule has 11 heavy (non-hydrogen) atoms.